The van der Waals surface area contributed by atoms with Crippen LogP contribution in [0.1, 0.15) is 37.8 Å². The van der Waals surface area contributed by atoms with E-state index < -0.39 is 29.8 Å². The number of alkyl halides is 3. The molecule has 0 aliphatic rings. The molecule has 210 valence electrons. The molecule has 0 saturated heterocycles. The molecule has 2 N–H and O–H groups in total. The lowest BCUT2D eigenvalue weighted by Crippen LogP contribution is -2.39. The molecule has 38 heavy (non-hydrogen) atoms. The van der Waals surface area contributed by atoms with Crippen molar-refractivity contribution in [1.29, 1.82) is 0 Å². The summed E-state index contributed by atoms with van der Waals surface area (Å²) in [5.74, 6) is 1.33. The van der Waals surface area contributed by atoms with Crippen molar-refractivity contribution < 1.29 is 37.3 Å². The smallest absolute Gasteiger partial charge is 0.418 e. The van der Waals surface area contributed by atoms with Gasteiger partial charge in [-0.1, -0.05) is 31.2 Å². The number of anilines is 1. The number of hydrogen-bond acceptors (Lipinski definition) is 5. The molecule has 2 aromatic carbocycles. The second kappa shape index (κ2) is 16.1. The predicted octanol–water partition coefficient (Wildman–Crippen LogP) is 6.18. The molecule has 0 bridgehead atoms. The highest BCUT2D eigenvalue weighted by atomic mass is 32.2. The van der Waals surface area contributed by atoms with E-state index in [1.807, 2.05) is 0 Å². The Labute approximate surface area is 225 Å². The van der Waals surface area contributed by atoms with Crippen molar-refractivity contribution in [2.75, 3.05) is 43.1 Å². The Bertz CT molecular complexity index is 1000. The van der Waals surface area contributed by atoms with Gasteiger partial charge in [0.05, 0.1) is 17.8 Å². The molecule has 0 saturated carbocycles. The fourth-order valence-electron chi connectivity index (χ4n) is 3.58. The lowest BCUT2D eigenvalue weighted by atomic mass is 10.1. The molecule has 0 spiro atoms. The standard InChI is InChI=1S/C27H35F3N2O5S/c1-3-17-38-18-7-14-32(26(35)31-23-9-6-5-8-22(23)27(28,29)30)15-16-37-21-12-10-20(11-13-21)19-24(25(33)34)36-4-2/h5-6,8-13,24H,3-4,7,14-19H2,1-2H3,(H,31,35)(H,33,34). The number of nitrogens with zero attached hydrogens (tertiary/aromatic N) is 1. The van der Waals surface area contributed by atoms with Crippen LogP contribution in [-0.2, 0) is 22.1 Å². The third kappa shape index (κ3) is 10.8. The maximum atomic E-state index is 13.4. The van der Waals surface area contributed by atoms with Crippen LogP contribution in [0, 0.1) is 0 Å². The van der Waals surface area contributed by atoms with Crippen molar-refractivity contribution in [3.05, 3.63) is 59.7 Å². The predicted molar refractivity (Wildman–Crippen MR) is 143 cm³/mol. The first-order chi connectivity index (χ1) is 18.2. The zero-order valence-corrected chi connectivity index (χ0v) is 22.4. The second-order valence-corrected chi connectivity index (χ2v) is 9.63. The summed E-state index contributed by atoms with van der Waals surface area (Å²) in [6, 6.07) is 11.1. The monoisotopic (exact) mass is 556 g/mol. The molecule has 0 aliphatic carbocycles. The number of hydrogen-bond donors (Lipinski definition) is 2. The highest BCUT2D eigenvalue weighted by Crippen LogP contribution is 2.34. The van der Waals surface area contributed by atoms with Gasteiger partial charge in [-0.25, -0.2) is 9.59 Å². The summed E-state index contributed by atoms with van der Waals surface area (Å²) < 4.78 is 51.1. The van der Waals surface area contributed by atoms with Crippen LogP contribution < -0.4 is 10.1 Å². The van der Waals surface area contributed by atoms with Gasteiger partial charge < -0.3 is 24.8 Å². The molecular weight excluding hydrogens is 521 g/mol. The third-order valence-electron chi connectivity index (χ3n) is 5.44. The number of ether oxygens (including phenoxy) is 2. The van der Waals surface area contributed by atoms with Gasteiger partial charge in [-0.15, -0.1) is 0 Å². The first kappa shape index (κ1) is 31.3. The Morgan fingerprint density at radius 3 is 2.39 bits per heavy atom. The topological polar surface area (TPSA) is 88.1 Å². The number of carboxylic acid groups (broad SMARTS) is 1. The van der Waals surface area contributed by atoms with Crippen LogP contribution in [0.5, 0.6) is 5.75 Å². The number of urea groups is 1. The normalized spacial score (nSPS) is 12.1. The fraction of sp³-hybridized carbons (Fsp3) is 0.481. The summed E-state index contributed by atoms with van der Waals surface area (Å²) in [7, 11) is 0. The van der Waals surface area contributed by atoms with Crippen molar-refractivity contribution in [3.63, 3.8) is 0 Å². The number of thioether (sulfide) groups is 1. The van der Waals surface area contributed by atoms with Gasteiger partial charge in [0.1, 0.15) is 12.4 Å². The summed E-state index contributed by atoms with van der Waals surface area (Å²) in [4.78, 5) is 25.7. The number of rotatable bonds is 16. The molecule has 2 aromatic rings. The first-order valence-electron chi connectivity index (χ1n) is 12.5. The van der Waals surface area contributed by atoms with Gasteiger partial charge in [-0.3, -0.25) is 0 Å². The van der Waals surface area contributed by atoms with Crippen molar-refractivity contribution in [1.82, 2.24) is 4.90 Å². The number of halogens is 3. The molecule has 1 atom stereocenters. The highest BCUT2D eigenvalue weighted by Gasteiger charge is 2.34. The molecule has 0 aromatic heterocycles. The van der Waals surface area contributed by atoms with Crippen LogP contribution >= 0.6 is 11.8 Å². The maximum absolute atomic E-state index is 13.4. The lowest BCUT2D eigenvalue weighted by molar-refractivity contribution is -0.150. The fourth-order valence-corrected chi connectivity index (χ4v) is 4.41. The van der Waals surface area contributed by atoms with Crippen molar-refractivity contribution in [2.24, 2.45) is 0 Å². The molecule has 0 radical (unpaired) electrons. The summed E-state index contributed by atoms with van der Waals surface area (Å²) in [6.07, 6.45) is -3.58. The molecule has 0 aliphatic heterocycles. The van der Waals surface area contributed by atoms with Crippen LogP contribution in [0.25, 0.3) is 0 Å². The zero-order valence-electron chi connectivity index (χ0n) is 21.6. The third-order valence-corrected chi connectivity index (χ3v) is 6.72. The Morgan fingerprint density at radius 2 is 1.76 bits per heavy atom. The molecule has 0 heterocycles. The van der Waals surface area contributed by atoms with Gasteiger partial charge in [0.15, 0.2) is 6.10 Å². The summed E-state index contributed by atoms with van der Waals surface area (Å²) >= 11 is 1.76. The lowest BCUT2D eigenvalue weighted by Gasteiger charge is -2.24. The van der Waals surface area contributed by atoms with E-state index in [1.54, 1.807) is 43.0 Å². The minimum atomic E-state index is -4.59. The molecular formula is C27H35F3N2O5S. The van der Waals surface area contributed by atoms with Gasteiger partial charge in [-0.2, -0.15) is 24.9 Å². The summed E-state index contributed by atoms with van der Waals surface area (Å²) in [6.45, 7) is 4.78. The van der Waals surface area contributed by atoms with E-state index in [9.17, 15) is 27.9 Å². The zero-order chi connectivity index (χ0) is 28.0. The van der Waals surface area contributed by atoms with Gasteiger partial charge in [0.2, 0.25) is 0 Å². The van der Waals surface area contributed by atoms with Gasteiger partial charge in [0.25, 0.3) is 0 Å². The number of carboxylic acids is 1. The Morgan fingerprint density at radius 1 is 1.05 bits per heavy atom. The van der Waals surface area contributed by atoms with Gasteiger partial charge >= 0.3 is 18.2 Å². The highest BCUT2D eigenvalue weighted by molar-refractivity contribution is 7.99. The average Bonchev–Trinajstić information content (AvgIpc) is 2.87. The minimum absolute atomic E-state index is 0.131. The van der Waals surface area contributed by atoms with E-state index in [0.717, 1.165) is 29.6 Å². The quantitative estimate of drug-likeness (QED) is 0.240. The van der Waals surface area contributed by atoms with Crippen molar-refractivity contribution in [2.45, 2.75) is 45.4 Å². The second-order valence-electron chi connectivity index (χ2n) is 8.41. The Balaban J connectivity index is 1.99. The van der Waals surface area contributed by atoms with Crippen LogP contribution in [-0.4, -0.2) is 65.9 Å². The Kier molecular flexibility index (Phi) is 13.3. The van der Waals surface area contributed by atoms with E-state index >= 15 is 0 Å². The maximum Gasteiger partial charge on any atom is 0.418 e. The van der Waals surface area contributed by atoms with Crippen LogP contribution in [0.4, 0.5) is 23.7 Å². The van der Waals surface area contributed by atoms with E-state index in [-0.39, 0.29) is 25.3 Å². The number of nitrogens with one attached hydrogen (secondary N) is 1. The van der Waals surface area contributed by atoms with Crippen LogP contribution in [0.3, 0.4) is 0 Å². The van der Waals surface area contributed by atoms with E-state index in [2.05, 4.69) is 12.2 Å². The molecule has 0 fully saturated rings. The number of benzene rings is 2. The summed E-state index contributed by atoms with van der Waals surface area (Å²) in [5, 5.41) is 11.6. The van der Waals surface area contributed by atoms with E-state index in [0.29, 0.717) is 25.3 Å². The number of carbonyl (C=O) groups excluding carboxylic acids is 1. The molecule has 1 unspecified atom stereocenters. The number of amides is 2. The van der Waals surface area contributed by atoms with Gasteiger partial charge in [0, 0.05) is 19.6 Å². The SMILES string of the molecule is CCCSCCCN(CCOc1ccc(CC(OCC)C(=O)O)cc1)C(=O)Nc1ccccc1C(F)(F)F. The summed E-state index contributed by atoms with van der Waals surface area (Å²) in [5.41, 5.74) is -0.427. The van der Waals surface area contributed by atoms with Crippen LogP contribution in [0.15, 0.2) is 48.5 Å². The largest absolute Gasteiger partial charge is 0.492 e. The van der Waals surface area contributed by atoms with Gasteiger partial charge in [-0.05, 0) is 61.1 Å². The number of carbonyl (C=O) groups is 2. The van der Waals surface area contributed by atoms with Crippen molar-refractivity contribution in [3.8, 4) is 5.75 Å². The Hall–Kier alpha value is -2.92. The molecule has 2 amide bonds. The molecule has 2 rings (SSSR count). The van der Waals surface area contributed by atoms with Crippen LogP contribution in [0.2, 0.25) is 0 Å². The molecule has 7 nitrogen and oxygen atoms in total. The first-order valence-corrected chi connectivity index (χ1v) is 13.7. The number of aliphatic carboxylic acids is 1. The average molecular weight is 557 g/mol. The number of para-hydroxylation sites is 1. The molecule has 11 heteroatoms. The minimum Gasteiger partial charge on any atom is -0.492 e. The van der Waals surface area contributed by atoms with E-state index in [4.69, 9.17) is 9.47 Å². The van der Waals surface area contributed by atoms with E-state index in [1.165, 1.54) is 23.1 Å². The van der Waals surface area contributed by atoms with Crippen molar-refractivity contribution >= 4 is 29.4 Å².